The summed E-state index contributed by atoms with van der Waals surface area (Å²) in [5.74, 6) is 2.01. The highest BCUT2D eigenvalue weighted by Crippen LogP contribution is 2.26. The van der Waals surface area contributed by atoms with Gasteiger partial charge in [-0.25, -0.2) is 0 Å². The summed E-state index contributed by atoms with van der Waals surface area (Å²) in [6.45, 7) is 3.84. The summed E-state index contributed by atoms with van der Waals surface area (Å²) in [6, 6.07) is 5.88. The first-order valence-corrected chi connectivity index (χ1v) is 5.92. The van der Waals surface area contributed by atoms with Crippen LogP contribution in [0, 0.1) is 13.8 Å². The molecule has 2 rings (SSSR count). The molecule has 0 aliphatic heterocycles. The number of hydrogen-bond acceptors (Lipinski definition) is 5. The summed E-state index contributed by atoms with van der Waals surface area (Å²) in [7, 11) is 0. The normalized spacial score (nSPS) is 10.6. The zero-order valence-corrected chi connectivity index (χ0v) is 10.0. The van der Waals surface area contributed by atoms with Crippen molar-refractivity contribution in [3.8, 4) is 0 Å². The monoisotopic (exact) mass is 235 g/mol. The Hall–Kier alpha value is -1.49. The first kappa shape index (κ1) is 11.0. The Kier molecular flexibility index (Phi) is 3.14. The van der Waals surface area contributed by atoms with Gasteiger partial charge in [-0.1, -0.05) is 11.2 Å². The molecule has 0 fully saturated rings. The van der Waals surface area contributed by atoms with Gasteiger partial charge in [-0.05, 0) is 24.6 Å². The minimum absolute atomic E-state index is 0.597. The van der Waals surface area contributed by atoms with Gasteiger partial charge in [0.15, 0.2) is 5.82 Å². The molecule has 0 unspecified atom stereocenters. The molecule has 5 heteroatoms. The van der Waals surface area contributed by atoms with Crippen LogP contribution in [-0.4, -0.2) is 10.1 Å². The lowest BCUT2D eigenvalue weighted by Gasteiger charge is -2.04. The molecule has 0 amide bonds. The van der Waals surface area contributed by atoms with Gasteiger partial charge in [0.05, 0.1) is 5.75 Å². The maximum atomic E-state index is 5.74. The number of thioether (sulfide) groups is 1. The lowest BCUT2D eigenvalue weighted by molar-refractivity contribution is 0.389. The average Bonchev–Trinajstić information content (AvgIpc) is 2.66. The number of aromatic nitrogens is 2. The average molecular weight is 235 g/mol. The standard InChI is InChI=1S/C11H13N3OS/c1-7-3-4-9(12)5-10(7)16-6-11-13-8(2)15-14-11/h3-5H,6,12H2,1-2H3. The predicted octanol–water partition coefficient (Wildman–Crippen LogP) is 2.56. The van der Waals surface area contributed by atoms with Gasteiger partial charge in [-0.2, -0.15) is 4.98 Å². The summed E-state index contributed by atoms with van der Waals surface area (Å²) in [6.07, 6.45) is 0. The fourth-order valence-corrected chi connectivity index (χ4v) is 2.23. The predicted molar refractivity (Wildman–Crippen MR) is 64.2 cm³/mol. The van der Waals surface area contributed by atoms with Crippen molar-refractivity contribution in [3.05, 3.63) is 35.5 Å². The Morgan fingerprint density at radius 1 is 1.38 bits per heavy atom. The number of nitrogens with two attached hydrogens (primary N) is 1. The molecule has 0 atom stereocenters. The molecular weight excluding hydrogens is 222 g/mol. The summed E-state index contributed by atoms with van der Waals surface area (Å²) in [4.78, 5) is 5.30. The van der Waals surface area contributed by atoms with Crippen LogP contribution < -0.4 is 5.73 Å². The number of anilines is 1. The number of aryl methyl sites for hydroxylation is 2. The minimum Gasteiger partial charge on any atom is -0.399 e. The van der Waals surface area contributed by atoms with E-state index in [2.05, 4.69) is 17.1 Å². The highest BCUT2D eigenvalue weighted by atomic mass is 32.2. The Balaban J connectivity index is 2.07. The third-order valence-electron chi connectivity index (χ3n) is 2.14. The number of benzene rings is 1. The topological polar surface area (TPSA) is 64.9 Å². The Morgan fingerprint density at radius 3 is 2.88 bits per heavy atom. The number of nitrogens with zero attached hydrogens (tertiary/aromatic N) is 2. The summed E-state index contributed by atoms with van der Waals surface area (Å²) >= 11 is 1.66. The van der Waals surface area contributed by atoms with Gasteiger partial charge < -0.3 is 10.3 Å². The molecule has 0 aliphatic rings. The van der Waals surface area contributed by atoms with Crippen LogP contribution in [0.1, 0.15) is 17.3 Å². The highest BCUT2D eigenvalue weighted by molar-refractivity contribution is 7.98. The van der Waals surface area contributed by atoms with Gasteiger partial charge in [0.25, 0.3) is 0 Å². The second-order valence-corrected chi connectivity index (χ2v) is 4.56. The molecule has 1 aromatic carbocycles. The molecular formula is C11H13N3OS. The molecule has 0 saturated heterocycles. The number of hydrogen-bond donors (Lipinski definition) is 1. The molecule has 0 bridgehead atoms. The van der Waals surface area contributed by atoms with Crippen molar-refractivity contribution in [2.45, 2.75) is 24.5 Å². The van der Waals surface area contributed by atoms with E-state index < -0.39 is 0 Å². The zero-order chi connectivity index (χ0) is 11.5. The van der Waals surface area contributed by atoms with Crippen LogP contribution in [0.5, 0.6) is 0 Å². The van der Waals surface area contributed by atoms with Crippen molar-refractivity contribution in [1.82, 2.24) is 10.1 Å². The van der Waals surface area contributed by atoms with E-state index in [9.17, 15) is 0 Å². The van der Waals surface area contributed by atoms with Crippen molar-refractivity contribution < 1.29 is 4.52 Å². The van der Waals surface area contributed by atoms with E-state index in [4.69, 9.17) is 10.3 Å². The van der Waals surface area contributed by atoms with E-state index in [0.717, 1.165) is 10.6 Å². The Labute approximate surface area is 98.2 Å². The van der Waals surface area contributed by atoms with E-state index >= 15 is 0 Å². The Morgan fingerprint density at radius 2 is 2.19 bits per heavy atom. The molecule has 1 aromatic heterocycles. The summed E-state index contributed by atoms with van der Waals surface area (Å²) in [5, 5.41) is 3.84. The van der Waals surface area contributed by atoms with E-state index in [1.54, 1.807) is 18.7 Å². The van der Waals surface area contributed by atoms with Crippen LogP contribution in [0.3, 0.4) is 0 Å². The maximum absolute atomic E-state index is 5.74. The Bertz CT molecular complexity index is 496. The van der Waals surface area contributed by atoms with Crippen molar-refractivity contribution in [2.24, 2.45) is 0 Å². The van der Waals surface area contributed by atoms with Crippen molar-refractivity contribution in [1.29, 1.82) is 0 Å². The smallest absolute Gasteiger partial charge is 0.223 e. The first-order chi connectivity index (χ1) is 7.65. The molecule has 1 heterocycles. The van der Waals surface area contributed by atoms with Crippen LogP contribution in [0.4, 0.5) is 5.69 Å². The molecule has 0 radical (unpaired) electrons. The first-order valence-electron chi connectivity index (χ1n) is 4.93. The van der Waals surface area contributed by atoms with Crippen molar-refractivity contribution in [2.75, 3.05) is 5.73 Å². The number of rotatable bonds is 3. The fourth-order valence-electron chi connectivity index (χ4n) is 1.31. The SMILES string of the molecule is Cc1nc(CSc2cc(N)ccc2C)no1. The lowest BCUT2D eigenvalue weighted by atomic mass is 10.2. The van der Waals surface area contributed by atoms with Crippen molar-refractivity contribution >= 4 is 17.4 Å². The van der Waals surface area contributed by atoms with Gasteiger partial charge in [0.1, 0.15) is 0 Å². The maximum Gasteiger partial charge on any atom is 0.223 e. The van der Waals surface area contributed by atoms with Gasteiger partial charge in [-0.15, -0.1) is 11.8 Å². The van der Waals surface area contributed by atoms with Crippen LogP contribution in [0.15, 0.2) is 27.6 Å². The van der Waals surface area contributed by atoms with Gasteiger partial charge >= 0.3 is 0 Å². The molecule has 0 spiro atoms. The van der Waals surface area contributed by atoms with Crippen LogP contribution >= 0.6 is 11.8 Å². The van der Waals surface area contributed by atoms with Crippen molar-refractivity contribution in [3.63, 3.8) is 0 Å². The van der Waals surface area contributed by atoms with E-state index in [0.29, 0.717) is 17.5 Å². The van der Waals surface area contributed by atoms with E-state index in [1.807, 2.05) is 18.2 Å². The molecule has 84 valence electrons. The van der Waals surface area contributed by atoms with E-state index in [1.165, 1.54) is 5.56 Å². The largest absolute Gasteiger partial charge is 0.399 e. The van der Waals surface area contributed by atoms with Gasteiger partial charge in [-0.3, -0.25) is 0 Å². The minimum atomic E-state index is 0.597. The van der Waals surface area contributed by atoms with Crippen LogP contribution in [-0.2, 0) is 5.75 Å². The van der Waals surface area contributed by atoms with Gasteiger partial charge in [0, 0.05) is 17.5 Å². The quantitative estimate of drug-likeness (QED) is 0.654. The van der Waals surface area contributed by atoms with Crippen LogP contribution in [0.2, 0.25) is 0 Å². The fraction of sp³-hybridized carbons (Fsp3) is 0.273. The number of nitrogen functional groups attached to an aromatic ring is 1. The molecule has 0 saturated carbocycles. The zero-order valence-electron chi connectivity index (χ0n) is 9.23. The molecule has 2 aromatic rings. The summed E-state index contributed by atoms with van der Waals surface area (Å²) in [5.41, 5.74) is 7.72. The molecule has 4 nitrogen and oxygen atoms in total. The molecule has 16 heavy (non-hydrogen) atoms. The molecule has 0 aliphatic carbocycles. The van der Waals surface area contributed by atoms with Gasteiger partial charge in [0.2, 0.25) is 5.89 Å². The molecule has 2 N–H and O–H groups in total. The third kappa shape index (κ3) is 2.55. The second kappa shape index (κ2) is 4.57. The lowest BCUT2D eigenvalue weighted by Crippen LogP contribution is -1.89. The summed E-state index contributed by atoms with van der Waals surface area (Å²) < 4.78 is 4.91. The highest BCUT2D eigenvalue weighted by Gasteiger charge is 2.05. The van der Waals surface area contributed by atoms with Crippen LogP contribution in [0.25, 0.3) is 0 Å². The van der Waals surface area contributed by atoms with E-state index in [-0.39, 0.29) is 0 Å². The second-order valence-electron chi connectivity index (χ2n) is 3.54. The third-order valence-corrected chi connectivity index (χ3v) is 3.29.